The summed E-state index contributed by atoms with van der Waals surface area (Å²) in [4.78, 5) is 24.6. The maximum absolute atomic E-state index is 12.4. The third-order valence-electron chi connectivity index (χ3n) is 4.52. The highest BCUT2D eigenvalue weighted by Crippen LogP contribution is 2.33. The highest BCUT2D eigenvalue weighted by molar-refractivity contribution is 5.73. The van der Waals surface area contributed by atoms with Crippen molar-refractivity contribution < 1.29 is 19.1 Å². The van der Waals surface area contributed by atoms with Crippen LogP contribution in [0.2, 0.25) is 0 Å². The van der Waals surface area contributed by atoms with Gasteiger partial charge in [-0.25, -0.2) is 4.79 Å². The zero-order chi connectivity index (χ0) is 18.2. The Labute approximate surface area is 146 Å². The molecule has 24 heavy (non-hydrogen) atoms. The Morgan fingerprint density at radius 2 is 1.83 bits per heavy atom. The van der Waals surface area contributed by atoms with Crippen LogP contribution in [-0.4, -0.2) is 30.3 Å². The Balaban J connectivity index is 2.69. The van der Waals surface area contributed by atoms with Gasteiger partial charge in [-0.05, 0) is 52.4 Å². The van der Waals surface area contributed by atoms with Gasteiger partial charge in [-0.15, -0.1) is 0 Å². The number of amides is 1. The highest BCUT2D eigenvalue weighted by atomic mass is 16.6. The van der Waals surface area contributed by atoms with Crippen molar-refractivity contribution in [1.82, 2.24) is 5.32 Å². The molecule has 1 rings (SSSR count). The molecule has 0 aromatic heterocycles. The zero-order valence-electron chi connectivity index (χ0n) is 16.0. The van der Waals surface area contributed by atoms with Crippen LogP contribution in [0.25, 0.3) is 0 Å². The fraction of sp³-hybridized carbons (Fsp3) is 0.895. The first kappa shape index (κ1) is 20.8. The monoisotopic (exact) mass is 341 g/mol. The minimum absolute atomic E-state index is 0.0164. The second kappa shape index (κ2) is 9.90. The number of ether oxygens (including phenoxy) is 2. The van der Waals surface area contributed by atoms with Gasteiger partial charge in [0.05, 0.1) is 12.5 Å². The topological polar surface area (TPSA) is 64.6 Å². The second-order valence-corrected chi connectivity index (χ2v) is 7.74. The molecular weight excluding hydrogens is 306 g/mol. The minimum atomic E-state index is -0.516. The van der Waals surface area contributed by atoms with Gasteiger partial charge in [0.1, 0.15) is 5.60 Å². The summed E-state index contributed by atoms with van der Waals surface area (Å²) in [5, 5.41) is 2.99. The van der Waals surface area contributed by atoms with Crippen LogP contribution in [0.5, 0.6) is 0 Å². The Morgan fingerprint density at radius 3 is 2.42 bits per heavy atom. The first-order chi connectivity index (χ1) is 11.3. The van der Waals surface area contributed by atoms with E-state index in [-0.39, 0.29) is 23.8 Å². The summed E-state index contributed by atoms with van der Waals surface area (Å²) < 4.78 is 10.8. The Bertz CT molecular complexity index is 403. The fourth-order valence-corrected chi connectivity index (χ4v) is 3.35. The quantitative estimate of drug-likeness (QED) is 0.549. The number of hydrogen-bond acceptors (Lipinski definition) is 4. The molecule has 1 aliphatic rings. The van der Waals surface area contributed by atoms with Crippen LogP contribution in [0.15, 0.2) is 0 Å². The number of alkyl carbamates (subject to hydrolysis) is 1. The molecule has 0 unspecified atom stereocenters. The van der Waals surface area contributed by atoms with E-state index in [1.54, 1.807) is 0 Å². The summed E-state index contributed by atoms with van der Waals surface area (Å²) in [6.07, 6.45) is 6.25. The van der Waals surface area contributed by atoms with Crippen molar-refractivity contribution >= 4 is 12.1 Å². The van der Waals surface area contributed by atoms with Crippen LogP contribution >= 0.6 is 0 Å². The molecule has 0 aromatic carbocycles. The standard InChI is InChI=1S/C19H35NO4/c1-6-8-13-23-17(21)14(7-2)15-11-9-10-12-16(15)20-18(22)24-19(3,4)5/h14-16H,6-13H2,1-5H3,(H,20,22)/t14-,15-,16-/m1/s1. The lowest BCUT2D eigenvalue weighted by Crippen LogP contribution is -2.48. The first-order valence-corrected chi connectivity index (χ1v) is 9.44. The van der Waals surface area contributed by atoms with Gasteiger partial charge < -0.3 is 14.8 Å². The summed E-state index contributed by atoms with van der Waals surface area (Å²) in [5.74, 6) is -0.138. The van der Waals surface area contributed by atoms with E-state index in [1.165, 1.54) is 0 Å². The van der Waals surface area contributed by atoms with Gasteiger partial charge in [0.25, 0.3) is 0 Å². The molecule has 0 radical (unpaired) electrons. The van der Waals surface area contributed by atoms with Crippen LogP contribution in [0.3, 0.4) is 0 Å². The van der Waals surface area contributed by atoms with Crippen LogP contribution in [-0.2, 0) is 14.3 Å². The molecule has 0 bridgehead atoms. The lowest BCUT2D eigenvalue weighted by Gasteiger charge is -2.36. The van der Waals surface area contributed by atoms with Crippen molar-refractivity contribution in [3.05, 3.63) is 0 Å². The molecule has 1 aliphatic carbocycles. The number of hydrogen-bond donors (Lipinski definition) is 1. The van der Waals surface area contributed by atoms with Gasteiger partial charge in [-0.2, -0.15) is 0 Å². The normalized spacial score (nSPS) is 22.5. The van der Waals surface area contributed by atoms with Gasteiger partial charge in [0.15, 0.2) is 0 Å². The lowest BCUT2D eigenvalue weighted by molar-refractivity contribution is -0.151. The van der Waals surface area contributed by atoms with Crippen LogP contribution in [0, 0.1) is 11.8 Å². The zero-order valence-corrected chi connectivity index (χ0v) is 16.0. The van der Waals surface area contributed by atoms with E-state index < -0.39 is 11.7 Å². The van der Waals surface area contributed by atoms with E-state index >= 15 is 0 Å². The molecule has 3 atom stereocenters. The van der Waals surface area contributed by atoms with Crippen molar-refractivity contribution in [1.29, 1.82) is 0 Å². The molecular formula is C19H35NO4. The summed E-state index contributed by atoms with van der Waals surface area (Å²) >= 11 is 0. The van der Waals surface area contributed by atoms with E-state index in [0.29, 0.717) is 6.61 Å². The largest absolute Gasteiger partial charge is 0.465 e. The predicted molar refractivity (Wildman–Crippen MR) is 94.8 cm³/mol. The molecule has 1 saturated carbocycles. The third-order valence-corrected chi connectivity index (χ3v) is 4.52. The molecule has 5 heteroatoms. The maximum atomic E-state index is 12.4. The smallest absolute Gasteiger partial charge is 0.407 e. The van der Waals surface area contributed by atoms with Gasteiger partial charge in [0, 0.05) is 6.04 Å². The Kier molecular flexibility index (Phi) is 8.57. The summed E-state index contributed by atoms with van der Waals surface area (Å²) in [6, 6.07) is -0.0164. The van der Waals surface area contributed by atoms with Crippen molar-refractivity contribution in [3.63, 3.8) is 0 Å². The van der Waals surface area contributed by atoms with Crippen LogP contribution in [0.1, 0.15) is 79.6 Å². The molecule has 0 aliphatic heterocycles. The van der Waals surface area contributed by atoms with Gasteiger partial charge in [-0.3, -0.25) is 4.79 Å². The number of nitrogens with one attached hydrogen (secondary N) is 1. The van der Waals surface area contributed by atoms with E-state index in [2.05, 4.69) is 12.2 Å². The summed E-state index contributed by atoms with van der Waals surface area (Å²) in [5.41, 5.74) is -0.516. The number of unbranched alkanes of at least 4 members (excludes halogenated alkanes) is 1. The molecule has 0 saturated heterocycles. The predicted octanol–water partition coefficient (Wildman–Crippen LogP) is 4.44. The summed E-state index contributed by atoms with van der Waals surface area (Å²) in [6.45, 7) is 10.1. The van der Waals surface area contributed by atoms with Crippen LogP contribution in [0.4, 0.5) is 4.79 Å². The molecule has 1 N–H and O–H groups in total. The van der Waals surface area contributed by atoms with Crippen molar-refractivity contribution in [2.24, 2.45) is 11.8 Å². The Morgan fingerprint density at radius 1 is 1.17 bits per heavy atom. The molecule has 5 nitrogen and oxygen atoms in total. The molecule has 1 amide bonds. The van der Waals surface area contributed by atoms with E-state index in [1.807, 2.05) is 27.7 Å². The van der Waals surface area contributed by atoms with Crippen LogP contribution < -0.4 is 5.32 Å². The third kappa shape index (κ3) is 7.10. The van der Waals surface area contributed by atoms with E-state index in [0.717, 1.165) is 44.9 Å². The van der Waals surface area contributed by atoms with E-state index in [9.17, 15) is 9.59 Å². The SMILES string of the molecule is CCCCOC(=O)[C@H](CC)[C@H]1CCCC[C@H]1NC(=O)OC(C)(C)C. The minimum Gasteiger partial charge on any atom is -0.465 e. The molecule has 0 heterocycles. The lowest BCUT2D eigenvalue weighted by atomic mass is 9.75. The number of carbonyl (C=O) groups excluding carboxylic acids is 2. The molecule has 140 valence electrons. The van der Waals surface area contributed by atoms with Crippen molar-refractivity contribution in [3.8, 4) is 0 Å². The second-order valence-electron chi connectivity index (χ2n) is 7.74. The Hall–Kier alpha value is -1.26. The fourth-order valence-electron chi connectivity index (χ4n) is 3.35. The van der Waals surface area contributed by atoms with Gasteiger partial charge in [0.2, 0.25) is 0 Å². The average molecular weight is 341 g/mol. The average Bonchev–Trinajstić information content (AvgIpc) is 2.48. The number of esters is 1. The van der Waals surface area contributed by atoms with Gasteiger partial charge in [-0.1, -0.05) is 33.1 Å². The summed E-state index contributed by atoms with van der Waals surface area (Å²) in [7, 11) is 0. The highest BCUT2D eigenvalue weighted by Gasteiger charge is 2.37. The molecule has 0 spiro atoms. The van der Waals surface area contributed by atoms with Crippen molar-refractivity contribution in [2.45, 2.75) is 91.2 Å². The van der Waals surface area contributed by atoms with Crippen molar-refractivity contribution in [2.75, 3.05) is 6.61 Å². The number of carbonyl (C=O) groups is 2. The first-order valence-electron chi connectivity index (χ1n) is 9.44. The van der Waals surface area contributed by atoms with Gasteiger partial charge >= 0.3 is 12.1 Å². The molecule has 1 fully saturated rings. The van der Waals surface area contributed by atoms with E-state index in [4.69, 9.17) is 9.47 Å². The molecule has 0 aromatic rings. The maximum Gasteiger partial charge on any atom is 0.407 e. The number of rotatable bonds is 7.